The van der Waals surface area contributed by atoms with E-state index in [0.29, 0.717) is 9.99 Å². The largest absolute Gasteiger partial charge is 0.464 e. The number of esters is 1. The summed E-state index contributed by atoms with van der Waals surface area (Å²) in [5, 5.41) is 18.8. The van der Waals surface area contributed by atoms with Gasteiger partial charge in [0.05, 0.1) is 11.5 Å². The summed E-state index contributed by atoms with van der Waals surface area (Å²) in [6.07, 6.45) is 0. The molecule has 0 unspecified atom stereocenters. The second-order valence-electron chi connectivity index (χ2n) is 4.01. The summed E-state index contributed by atoms with van der Waals surface area (Å²) in [6.45, 7) is 3.46. The number of ether oxygens (including phenoxy) is 1. The number of halogens is 1. The maximum atomic E-state index is 11.7. The van der Waals surface area contributed by atoms with E-state index in [4.69, 9.17) is 4.74 Å². The number of carbonyl (C=O) groups excluding carboxylic acids is 1. The molecule has 0 radical (unpaired) electrons. The fraction of sp³-hybridized carbons (Fsp3) is 0.364. The van der Waals surface area contributed by atoms with E-state index in [2.05, 4.69) is 26.2 Å². The average Bonchev–Trinajstić information content (AvgIpc) is 2.80. The quantitative estimate of drug-likeness (QED) is 0.479. The van der Waals surface area contributed by atoms with Gasteiger partial charge in [0.1, 0.15) is 11.6 Å². The van der Waals surface area contributed by atoms with Gasteiger partial charge in [-0.2, -0.15) is 0 Å². The maximum Gasteiger partial charge on any atom is 0.330 e. The number of hydrogen-bond acceptors (Lipinski definition) is 6. The molecule has 9 heteroatoms. The van der Waals surface area contributed by atoms with Crippen LogP contribution in [0.2, 0.25) is 0 Å². The van der Waals surface area contributed by atoms with Crippen LogP contribution >= 0.6 is 15.9 Å². The zero-order valence-electron chi connectivity index (χ0n) is 10.7. The van der Waals surface area contributed by atoms with Crippen LogP contribution in [0.4, 0.5) is 5.69 Å². The van der Waals surface area contributed by atoms with E-state index in [9.17, 15) is 14.9 Å². The van der Waals surface area contributed by atoms with Crippen LogP contribution in [0.1, 0.15) is 19.9 Å². The summed E-state index contributed by atoms with van der Waals surface area (Å²) in [5.74, 6) is -0.517. The third-order valence-corrected chi connectivity index (χ3v) is 3.16. The number of fused-ring (bicyclic) bond motifs is 1. The molecule has 0 N–H and O–H groups in total. The van der Waals surface area contributed by atoms with Crippen LogP contribution in [0.15, 0.2) is 16.6 Å². The molecular formula is C11H11BrN4O4. The maximum absolute atomic E-state index is 11.7. The minimum absolute atomic E-state index is 0.171. The number of rotatable bonds is 4. The van der Waals surface area contributed by atoms with Crippen molar-refractivity contribution in [2.24, 2.45) is 0 Å². The Balaban J connectivity index is 2.61. The van der Waals surface area contributed by atoms with Gasteiger partial charge in [0.2, 0.25) is 0 Å². The minimum atomic E-state index is -0.792. The van der Waals surface area contributed by atoms with Crippen molar-refractivity contribution in [3.63, 3.8) is 0 Å². The lowest BCUT2D eigenvalue weighted by molar-refractivity contribution is -0.383. The lowest BCUT2D eigenvalue weighted by Gasteiger charge is -2.11. The summed E-state index contributed by atoms with van der Waals surface area (Å²) in [7, 11) is 0. The Kier molecular flexibility index (Phi) is 3.98. The monoisotopic (exact) mass is 342 g/mol. The molecule has 0 bridgehead atoms. The highest BCUT2D eigenvalue weighted by Gasteiger charge is 2.26. The number of aromatic nitrogens is 3. The van der Waals surface area contributed by atoms with E-state index in [0.717, 1.165) is 0 Å². The normalized spacial score (nSPS) is 12.3. The van der Waals surface area contributed by atoms with Crippen LogP contribution < -0.4 is 0 Å². The van der Waals surface area contributed by atoms with Crippen molar-refractivity contribution in [3.8, 4) is 0 Å². The number of nitro groups is 1. The predicted octanol–water partition coefficient (Wildman–Crippen LogP) is 2.23. The first-order valence-electron chi connectivity index (χ1n) is 5.81. The standard InChI is InChI=1S/C11H11BrN4O4/c1-3-20-11(17)6(2)15-10-8(13-14-15)4-7(12)5-9(10)16(18)19/h4-6H,3H2,1-2H3/t6-/m1/s1. The Morgan fingerprint density at radius 1 is 1.60 bits per heavy atom. The molecule has 106 valence electrons. The summed E-state index contributed by atoms with van der Waals surface area (Å²) >= 11 is 3.18. The lowest BCUT2D eigenvalue weighted by Crippen LogP contribution is -2.20. The molecule has 0 spiro atoms. The number of non-ortho nitro benzene ring substituents is 1. The molecule has 0 amide bonds. The Morgan fingerprint density at radius 3 is 2.90 bits per heavy atom. The molecular weight excluding hydrogens is 332 g/mol. The van der Waals surface area contributed by atoms with Gasteiger partial charge < -0.3 is 4.74 Å². The molecule has 20 heavy (non-hydrogen) atoms. The molecule has 0 aliphatic heterocycles. The van der Waals surface area contributed by atoms with Gasteiger partial charge in [0.15, 0.2) is 5.52 Å². The molecule has 1 atom stereocenters. The number of nitro benzene ring substituents is 1. The molecule has 2 rings (SSSR count). The van der Waals surface area contributed by atoms with Crippen molar-refractivity contribution < 1.29 is 14.5 Å². The van der Waals surface area contributed by atoms with Gasteiger partial charge in [-0.1, -0.05) is 21.1 Å². The van der Waals surface area contributed by atoms with Crippen LogP contribution in [0.3, 0.4) is 0 Å². The van der Waals surface area contributed by atoms with E-state index < -0.39 is 16.9 Å². The van der Waals surface area contributed by atoms with Gasteiger partial charge in [-0.05, 0) is 19.9 Å². The van der Waals surface area contributed by atoms with Crippen LogP contribution in [-0.4, -0.2) is 32.5 Å². The minimum Gasteiger partial charge on any atom is -0.464 e. The highest BCUT2D eigenvalue weighted by atomic mass is 79.9. The van der Waals surface area contributed by atoms with Crippen molar-refractivity contribution in [2.75, 3.05) is 6.61 Å². The molecule has 1 heterocycles. The second-order valence-corrected chi connectivity index (χ2v) is 4.93. The Hall–Kier alpha value is -2.03. The Morgan fingerprint density at radius 2 is 2.30 bits per heavy atom. The predicted molar refractivity (Wildman–Crippen MR) is 73.2 cm³/mol. The smallest absolute Gasteiger partial charge is 0.330 e. The summed E-state index contributed by atoms with van der Waals surface area (Å²) in [6, 6.07) is 2.16. The first-order chi connectivity index (χ1) is 9.45. The number of benzene rings is 1. The SMILES string of the molecule is CCOC(=O)[C@@H](C)n1nnc2cc(Br)cc([N+](=O)[O-])c21. The van der Waals surface area contributed by atoms with Crippen molar-refractivity contribution in [2.45, 2.75) is 19.9 Å². The van der Waals surface area contributed by atoms with E-state index >= 15 is 0 Å². The fourth-order valence-electron chi connectivity index (χ4n) is 1.80. The molecule has 0 aliphatic rings. The van der Waals surface area contributed by atoms with Gasteiger partial charge >= 0.3 is 5.97 Å². The van der Waals surface area contributed by atoms with Gasteiger partial charge in [0.25, 0.3) is 5.69 Å². The molecule has 1 aromatic heterocycles. The summed E-state index contributed by atoms with van der Waals surface area (Å²) < 4.78 is 6.62. The number of nitrogens with zero attached hydrogens (tertiary/aromatic N) is 4. The highest BCUT2D eigenvalue weighted by molar-refractivity contribution is 9.10. The number of carbonyl (C=O) groups is 1. The summed E-state index contributed by atoms with van der Waals surface area (Å²) in [5.41, 5.74) is 0.358. The lowest BCUT2D eigenvalue weighted by atomic mass is 10.2. The number of hydrogen-bond donors (Lipinski definition) is 0. The second kappa shape index (κ2) is 5.53. The molecule has 0 saturated carbocycles. The average molecular weight is 343 g/mol. The third-order valence-electron chi connectivity index (χ3n) is 2.70. The van der Waals surface area contributed by atoms with Gasteiger partial charge in [-0.3, -0.25) is 10.1 Å². The molecule has 0 saturated heterocycles. The van der Waals surface area contributed by atoms with Crippen LogP contribution in [0.25, 0.3) is 11.0 Å². The first-order valence-corrected chi connectivity index (χ1v) is 6.60. The molecule has 2 aromatic rings. The van der Waals surface area contributed by atoms with Crippen LogP contribution in [-0.2, 0) is 9.53 Å². The van der Waals surface area contributed by atoms with E-state index in [-0.39, 0.29) is 17.8 Å². The van der Waals surface area contributed by atoms with Crippen LogP contribution in [0, 0.1) is 10.1 Å². The Bertz CT molecular complexity index is 684. The molecule has 0 fully saturated rings. The van der Waals surface area contributed by atoms with Crippen molar-refractivity contribution >= 4 is 38.6 Å². The van der Waals surface area contributed by atoms with Gasteiger partial charge in [-0.25, -0.2) is 9.48 Å². The van der Waals surface area contributed by atoms with Crippen LogP contribution in [0.5, 0.6) is 0 Å². The zero-order valence-corrected chi connectivity index (χ0v) is 12.3. The molecule has 8 nitrogen and oxygen atoms in total. The zero-order chi connectivity index (χ0) is 14.9. The van der Waals surface area contributed by atoms with E-state index in [1.807, 2.05) is 0 Å². The van der Waals surface area contributed by atoms with E-state index in [1.54, 1.807) is 19.9 Å². The third kappa shape index (κ3) is 2.48. The topological polar surface area (TPSA) is 100 Å². The van der Waals surface area contributed by atoms with Crippen molar-refractivity contribution in [3.05, 3.63) is 26.7 Å². The molecule has 1 aromatic carbocycles. The van der Waals surface area contributed by atoms with Crippen molar-refractivity contribution in [1.29, 1.82) is 0 Å². The van der Waals surface area contributed by atoms with E-state index in [1.165, 1.54) is 10.7 Å². The van der Waals surface area contributed by atoms with Gasteiger partial charge in [0, 0.05) is 10.5 Å². The first kappa shape index (κ1) is 14.4. The summed E-state index contributed by atoms with van der Waals surface area (Å²) in [4.78, 5) is 22.3. The Labute approximate surface area is 122 Å². The highest BCUT2D eigenvalue weighted by Crippen LogP contribution is 2.30. The van der Waals surface area contributed by atoms with Crippen molar-refractivity contribution in [1.82, 2.24) is 15.0 Å². The fourth-order valence-corrected chi connectivity index (χ4v) is 2.23. The van der Waals surface area contributed by atoms with Gasteiger partial charge in [-0.15, -0.1) is 5.10 Å². The molecule has 0 aliphatic carbocycles.